The quantitative estimate of drug-likeness (QED) is 0.612. The van der Waals surface area contributed by atoms with Gasteiger partial charge in [-0.05, 0) is 36.5 Å². The van der Waals surface area contributed by atoms with E-state index in [4.69, 9.17) is 10.5 Å². The second-order valence-corrected chi connectivity index (χ2v) is 5.11. The summed E-state index contributed by atoms with van der Waals surface area (Å²) < 4.78 is 5.23. The molecule has 0 aromatic heterocycles. The lowest BCUT2D eigenvalue weighted by Gasteiger charge is -2.08. The molecular weight excluding hydrogens is 238 g/mol. The molecule has 4 heteroatoms. The van der Waals surface area contributed by atoms with Crippen molar-refractivity contribution in [2.45, 2.75) is 33.7 Å². The van der Waals surface area contributed by atoms with Crippen LogP contribution in [0.4, 0.5) is 0 Å². The fourth-order valence-corrected chi connectivity index (χ4v) is 1.76. The highest BCUT2D eigenvalue weighted by Crippen LogP contribution is 2.18. The molecule has 0 bridgehead atoms. The Bertz CT molecular complexity index is 427. The molecule has 19 heavy (non-hydrogen) atoms. The van der Waals surface area contributed by atoms with Crippen LogP contribution in [0.2, 0.25) is 0 Å². The van der Waals surface area contributed by atoms with Crippen LogP contribution in [-0.4, -0.2) is 19.6 Å². The molecule has 3 N–H and O–H groups in total. The number of nitrogens with zero attached hydrogens (tertiary/aromatic N) is 1. The van der Waals surface area contributed by atoms with E-state index in [-0.39, 0.29) is 0 Å². The number of ether oxygens (including phenoxy) is 1. The Morgan fingerprint density at radius 1 is 1.42 bits per heavy atom. The Labute approximate surface area is 116 Å². The van der Waals surface area contributed by atoms with Gasteiger partial charge in [-0.2, -0.15) is 0 Å². The molecule has 4 nitrogen and oxygen atoms in total. The van der Waals surface area contributed by atoms with Crippen LogP contribution in [0.15, 0.2) is 23.2 Å². The summed E-state index contributed by atoms with van der Waals surface area (Å²) >= 11 is 0. The third kappa shape index (κ3) is 5.64. The normalized spacial score (nSPS) is 11.7. The van der Waals surface area contributed by atoms with Crippen molar-refractivity contribution in [2.24, 2.45) is 16.6 Å². The Kier molecular flexibility index (Phi) is 6.19. The van der Waals surface area contributed by atoms with E-state index < -0.39 is 0 Å². The molecule has 0 saturated carbocycles. The zero-order chi connectivity index (χ0) is 14.3. The fourth-order valence-electron chi connectivity index (χ4n) is 1.76. The standard InChI is InChI=1S/C15H25N3O/c1-11(2)7-8-17-15(16)18-10-13-5-6-14(19-4)12(3)9-13/h5-6,9,11H,7-8,10H2,1-4H3,(H3,16,17,18). The first-order valence-corrected chi connectivity index (χ1v) is 6.70. The lowest BCUT2D eigenvalue weighted by atomic mass is 10.1. The van der Waals surface area contributed by atoms with Gasteiger partial charge >= 0.3 is 0 Å². The summed E-state index contributed by atoms with van der Waals surface area (Å²) in [5.74, 6) is 2.08. The first-order chi connectivity index (χ1) is 9.02. The number of nitrogens with two attached hydrogens (primary N) is 1. The average Bonchev–Trinajstić information content (AvgIpc) is 2.36. The van der Waals surface area contributed by atoms with Crippen LogP contribution in [0.5, 0.6) is 5.75 Å². The predicted molar refractivity (Wildman–Crippen MR) is 80.5 cm³/mol. The van der Waals surface area contributed by atoms with E-state index in [2.05, 4.69) is 30.2 Å². The van der Waals surface area contributed by atoms with Crippen LogP contribution in [0.25, 0.3) is 0 Å². The van der Waals surface area contributed by atoms with Crippen molar-refractivity contribution in [1.82, 2.24) is 5.32 Å². The number of guanidine groups is 1. The van der Waals surface area contributed by atoms with Crippen LogP contribution in [0.3, 0.4) is 0 Å². The molecule has 0 aliphatic rings. The summed E-state index contributed by atoms with van der Waals surface area (Å²) in [6.45, 7) is 7.86. The summed E-state index contributed by atoms with van der Waals surface area (Å²) in [6, 6.07) is 6.04. The predicted octanol–water partition coefficient (Wildman–Crippen LogP) is 2.45. The van der Waals surface area contributed by atoms with E-state index in [1.54, 1.807) is 7.11 Å². The first kappa shape index (κ1) is 15.3. The van der Waals surface area contributed by atoms with Gasteiger partial charge in [0, 0.05) is 6.54 Å². The summed E-state index contributed by atoms with van der Waals surface area (Å²) in [6.07, 6.45) is 1.10. The van der Waals surface area contributed by atoms with E-state index in [0.717, 1.165) is 29.8 Å². The molecule has 0 heterocycles. The van der Waals surface area contributed by atoms with Gasteiger partial charge in [0.2, 0.25) is 0 Å². The number of benzene rings is 1. The SMILES string of the molecule is COc1ccc(CN=C(N)NCCC(C)C)cc1C. The van der Waals surface area contributed by atoms with Gasteiger partial charge in [0.05, 0.1) is 13.7 Å². The molecule has 0 saturated heterocycles. The Morgan fingerprint density at radius 2 is 2.16 bits per heavy atom. The smallest absolute Gasteiger partial charge is 0.188 e. The van der Waals surface area contributed by atoms with E-state index in [0.29, 0.717) is 18.4 Å². The van der Waals surface area contributed by atoms with Crippen molar-refractivity contribution >= 4 is 5.96 Å². The summed E-state index contributed by atoms with van der Waals surface area (Å²) in [4.78, 5) is 4.33. The minimum absolute atomic E-state index is 0.508. The van der Waals surface area contributed by atoms with Gasteiger partial charge in [0.25, 0.3) is 0 Å². The highest BCUT2D eigenvalue weighted by Gasteiger charge is 2.00. The first-order valence-electron chi connectivity index (χ1n) is 6.70. The second kappa shape index (κ2) is 7.67. The van der Waals surface area contributed by atoms with Crippen molar-refractivity contribution in [3.8, 4) is 5.75 Å². The number of hydrogen-bond donors (Lipinski definition) is 2. The Balaban J connectivity index is 2.48. The van der Waals surface area contributed by atoms with Crippen molar-refractivity contribution in [3.05, 3.63) is 29.3 Å². The molecule has 1 rings (SSSR count). The zero-order valence-electron chi connectivity index (χ0n) is 12.4. The molecule has 0 radical (unpaired) electrons. The molecule has 1 aromatic carbocycles. The van der Waals surface area contributed by atoms with Crippen LogP contribution in [0, 0.1) is 12.8 Å². The molecule has 106 valence electrons. The number of rotatable bonds is 6. The number of nitrogens with one attached hydrogen (secondary N) is 1. The van der Waals surface area contributed by atoms with E-state index in [1.165, 1.54) is 0 Å². The molecule has 0 atom stereocenters. The maximum atomic E-state index is 5.82. The minimum atomic E-state index is 0.508. The molecular formula is C15H25N3O. The number of aliphatic imine (C=N–C) groups is 1. The van der Waals surface area contributed by atoms with Crippen LogP contribution < -0.4 is 15.8 Å². The van der Waals surface area contributed by atoms with Gasteiger partial charge in [-0.1, -0.05) is 26.0 Å². The molecule has 0 aliphatic heterocycles. The topological polar surface area (TPSA) is 59.6 Å². The van der Waals surface area contributed by atoms with Gasteiger partial charge in [-0.25, -0.2) is 4.99 Å². The second-order valence-electron chi connectivity index (χ2n) is 5.11. The average molecular weight is 263 g/mol. The van der Waals surface area contributed by atoms with Crippen molar-refractivity contribution in [2.75, 3.05) is 13.7 Å². The van der Waals surface area contributed by atoms with Crippen LogP contribution in [-0.2, 0) is 6.54 Å². The third-order valence-corrected chi connectivity index (χ3v) is 2.92. The number of aryl methyl sites for hydroxylation is 1. The summed E-state index contributed by atoms with van der Waals surface area (Å²) in [7, 11) is 1.68. The van der Waals surface area contributed by atoms with E-state index >= 15 is 0 Å². The monoisotopic (exact) mass is 263 g/mol. The zero-order valence-corrected chi connectivity index (χ0v) is 12.4. The minimum Gasteiger partial charge on any atom is -0.496 e. The van der Waals surface area contributed by atoms with Crippen LogP contribution in [0.1, 0.15) is 31.4 Å². The van der Waals surface area contributed by atoms with Gasteiger partial charge in [-0.15, -0.1) is 0 Å². The van der Waals surface area contributed by atoms with E-state index in [9.17, 15) is 0 Å². The highest BCUT2D eigenvalue weighted by molar-refractivity contribution is 5.77. The van der Waals surface area contributed by atoms with Gasteiger partial charge < -0.3 is 15.8 Å². The van der Waals surface area contributed by atoms with Gasteiger partial charge in [0.1, 0.15) is 5.75 Å². The Hall–Kier alpha value is -1.71. The molecule has 1 aromatic rings. The van der Waals surface area contributed by atoms with Crippen molar-refractivity contribution in [1.29, 1.82) is 0 Å². The molecule has 0 spiro atoms. The molecule has 0 aliphatic carbocycles. The maximum absolute atomic E-state index is 5.82. The number of methoxy groups -OCH3 is 1. The van der Waals surface area contributed by atoms with Crippen molar-refractivity contribution in [3.63, 3.8) is 0 Å². The van der Waals surface area contributed by atoms with E-state index in [1.807, 2.05) is 19.1 Å². The molecule has 0 amide bonds. The molecule has 0 unspecified atom stereocenters. The van der Waals surface area contributed by atoms with Crippen LogP contribution >= 0.6 is 0 Å². The Morgan fingerprint density at radius 3 is 2.74 bits per heavy atom. The fraction of sp³-hybridized carbons (Fsp3) is 0.533. The highest BCUT2D eigenvalue weighted by atomic mass is 16.5. The largest absolute Gasteiger partial charge is 0.496 e. The lowest BCUT2D eigenvalue weighted by molar-refractivity contribution is 0.411. The van der Waals surface area contributed by atoms with Crippen molar-refractivity contribution < 1.29 is 4.74 Å². The summed E-state index contributed by atoms with van der Waals surface area (Å²) in [5.41, 5.74) is 8.06. The summed E-state index contributed by atoms with van der Waals surface area (Å²) in [5, 5.41) is 3.12. The number of hydrogen-bond acceptors (Lipinski definition) is 2. The van der Waals surface area contributed by atoms with Gasteiger partial charge in [0.15, 0.2) is 5.96 Å². The lowest BCUT2D eigenvalue weighted by Crippen LogP contribution is -2.32. The third-order valence-electron chi connectivity index (χ3n) is 2.92. The van der Waals surface area contributed by atoms with Gasteiger partial charge in [-0.3, -0.25) is 0 Å². The maximum Gasteiger partial charge on any atom is 0.188 e. The molecule has 0 fully saturated rings.